The van der Waals surface area contributed by atoms with Gasteiger partial charge in [0.2, 0.25) is 5.82 Å². The quantitative estimate of drug-likeness (QED) is 0.0968. The minimum absolute atomic E-state index is 0.0647. The summed E-state index contributed by atoms with van der Waals surface area (Å²) in [6, 6.07) is 61.5. The molecule has 55 heavy (non-hydrogen) atoms. The number of hydrogen-bond acceptors (Lipinski definition) is 4. The average molecular weight is 800 g/mol. The van der Waals surface area contributed by atoms with Gasteiger partial charge in [0.15, 0.2) is 0 Å². The Bertz CT molecular complexity index is 2350. The largest absolute Gasteiger partial charge is 0.403 e. The van der Waals surface area contributed by atoms with E-state index in [4.69, 9.17) is 14.7 Å². The van der Waals surface area contributed by atoms with Gasteiger partial charge >= 0.3 is 0 Å². The number of rotatable bonds is 11. The third-order valence-corrected chi connectivity index (χ3v) is 12.6. The molecule has 0 atom stereocenters. The highest BCUT2D eigenvalue weighted by atomic mass is 79.9. The molecule has 0 N–H and O–H groups in total. The van der Waals surface area contributed by atoms with E-state index in [1.807, 2.05) is 22.9 Å². The topological polar surface area (TPSA) is 57.8 Å². The summed E-state index contributed by atoms with van der Waals surface area (Å²) in [5, 5.41) is 16.4. The summed E-state index contributed by atoms with van der Waals surface area (Å²) in [5.74, 6) is 0.618. The number of hydrogen-bond donors (Lipinski definition) is 0. The highest BCUT2D eigenvalue weighted by Gasteiger charge is 2.42. The smallest absolute Gasteiger partial charge is 0.283 e. The molecule has 8 heteroatoms. The number of nitrogens with zero attached hydrogens (tertiary/aromatic N) is 5. The molecule has 1 radical (unpaired) electrons. The molecule has 0 bridgehead atoms. The predicted molar refractivity (Wildman–Crippen MR) is 226 cm³/mol. The normalized spacial score (nSPS) is 11.9. The number of tetrazole rings is 1. The predicted octanol–water partition coefficient (Wildman–Crippen LogP) is 9.35. The molecule has 271 valence electrons. The monoisotopic (exact) mass is 798 g/mol. The van der Waals surface area contributed by atoms with Gasteiger partial charge in [-0.15, -0.1) is 5.10 Å². The van der Waals surface area contributed by atoms with E-state index in [-0.39, 0.29) is 5.41 Å². The van der Waals surface area contributed by atoms with Crippen LogP contribution in [0.15, 0.2) is 187 Å². The van der Waals surface area contributed by atoms with Crippen LogP contribution in [-0.2, 0) is 22.0 Å². The van der Waals surface area contributed by atoms with Gasteiger partial charge in [0.05, 0.1) is 18.0 Å². The molecule has 0 fully saturated rings. The lowest BCUT2D eigenvalue weighted by molar-refractivity contribution is 0.321. The first-order valence-electron chi connectivity index (χ1n) is 18.4. The molecule has 0 saturated heterocycles. The van der Waals surface area contributed by atoms with Crippen LogP contribution in [-0.4, -0.2) is 33.8 Å². The fourth-order valence-corrected chi connectivity index (χ4v) is 9.72. The lowest BCUT2D eigenvalue weighted by Gasteiger charge is -2.36. The fraction of sp³-hybridized carbons (Fsp3) is 0.128. The zero-order valence-electron chi connectivity index (χ0n) is 31.0. The van der Waals surface area contributed by atoms with Crippen molar-refractivity contribution in [3.63, 3.8) is 0 Å². The Balaban J connectivity index is 1.31. The third-order valence-electron chi connectivity index (χ3n) is 10.0. The second-order valence-corrected chi connectivity index (χ2v) is 17.6. The van der Waals surface area contributed by atoms with Gasteiger partial charge in [-0.2, -0.15) is 0 Å². The number of halogens is 1. The Hall–Kier alpha value is -5.67. The highest BCUT2D eigenvalue weighted by Crippen LogP contribution is 2.43. The van der Waals surface area contributed by atoms with Gasteiger partial charge in [-0.3, -0.25) is 0 Å². The third kappa shape index (κ3) is 7.16. The van der Waals surface area contributed by atoms with Crippen molar-refractivity contribution in [2.75, 3.05) is 0 Å². The molecule has 2 heterocycles. The Kier molecular flexibility index (Phi) is 10.3. The van der Waals surface area contributed by atoms with Crippen LogP contribution < -0.4 is 10.4 Å². The molecule has 6 nitrogen and oxygen atoms in total. The van der Waals surface area contributed by atoms with Crippen LogP contribution in [0.2, 0.25) is 0 Å². The first kappa shape index (κ1) is 36.3. The van der Waals surface area contributed by atoms with E-state index in [2.05, 4.69) is 210 Å². The number of aromatic nitrogens is 5. The van der Waals surface area contributed by atoms with Crippen molar-refractivity contribution in [1.29, 1.82) is 0 Å². The van der Waals surface area contributed by atoms with Gasteiger partial charge in [0, 0.05) is 16.2 Å². The molecule has 0 amide bonds. The molecule has 0 spiro atoms. The van der Waals surface area contributed by atoms with Gasteiger partial charge in [-0.05, 0) is 76.5 Å². The maximum absolute atomic E-state index is 7.05. The molecular formula is C47H41BrN5OSi. The lowest BCUT2D eigenvalue weighted by Crippen LogP contribution is -2.44. The first-order valence-corrected chi connectivity index (χ1v) is 20.6. The summed E-state index contributed by atoms with van der Waals surface area (Å²) >= 11 is 3.84. The van der Waals surface area contributed by atoms with E-state index in [1.54, 1.807) is 0 Å². The van der Waals surface area contributed by atoms with E-state index >= 15 is 0 Å². The van der Waals surface area contributed by atoms with Gasteiger partial charge in [0.25, 0.3) is 9.04 Å². The van der Waals surface area contributed by atoms with Crippen molar-refractivity contribution in [3.05, 3.63) is 214 Å². The van der Waals surface area contributed by atoms with Crippen LogP contribution in [0.4, 0.5) is 0 Å². The van der Waals surface area contributed by atoms with Crippen molar-refractivity contribution in [2.45, 2.75) is 38.3 Å². The van der Waals surface area contributed by atoms with Crippen molar-refractivity contribution in [1.82, 2.24) is 24.8 Å². The van der Waals surface area contributed by atoms with E-state index < -0.39 is 14.6 Å². The maximum Gasteiger partial charge on any atom is 0.283 e. The van der Waals surface area contributed by atoms with E-state index in [9.17, 15) is 0 Å². The lowest BCUT2D eigenvalue weighted by atomic mass is 9.77. The summed E-state index contributed by atoms with van der Waals surface area (Å²) in [4.78, 5) is 0. The Labute approximate surface area is 333 Å². The molecule has 0 unspecified atom stereocenters. The van der Waals surface area contributed by atoms with Gasteiger partial charge in [-0.1, -0.05) is 185 Å². The van der Waals surface area contributed by atoms with Crippen LogP contribution >= 0.6 is 15.9 Å². The molecule has 8 rings (SSSR count). The van der Waals surface area contributed by atoms with Gasteiger partial charge in [-0.25, -0.2) is 4.68 Å². The summed E-state index contributed by atoms with van der Waals surface area (Å²) in [6.45, 7) is 7.16. The Morgan fingerprint density at radius 3 is 1.58 bits per heavy atom. The van der Waals surface area contributed by atoms with Gasteiger partial charge < -0.3 is 8.99 Å². The molecule has 6 aromatic carbocycles. The SMILES string of the molecule is CC(C)(C)c1ccc(-n2cc(Br)cc2-c2nnnn2C(c2ccccc2)(c2ccccc2)c2ccccc2)c(CO[Si](c2ccccc2)c2ccccc2)c1. The van der Waals surface area contributed by atoms with Crippen LogP contribution in [0.25, 0.3) is 17.2 Å². The molecule has 0 aliphatic carbocycles. The molecule has 0 saturated carbocycles. The molecular weight excluding hydrogens is 759 g/mol. The standard InChI is InChI=1S/C47H41BrN5OSi/c1-46(2,3)39-29-30-43(35(31-39)34-54-55(41-25-15-7-16-26-41)42-27-17-8-18-28-42)52-33-40(48)32-44(52)45-49-50-51-53(45)47(36-19-9-4-10-20-36,37-21-11-5-12-22-37)38-23-13-6-14-24-38/h4-33H,34H2,1-3H3. The first-order chi connectivity index (χ1) is 26.8. The van der Waals surface area contributed by atoms with Crippen LogP contribution in [0.1, 0.15) is 48.6 Å². The zero-order valence-corrected chi connectivity index (χ0v) is 33.6. The second kappa shape index (κ2) is 15.6. The molecule has 8 aromatic rings. The van der Waals surface area contributed by atoms with E-state index in [0.717, 1.165) is 38.1 Å². The number of benzene rings is 6. The summed E-state index contributed by atoms with van der Waals surface area (Å²) < 4.78 is 12.1. The van der Waals surface area contributed by atoms with Crippen molar-refractivity contribution >= 4 is 35.3 Å². The fourth-order valence-electron chi connectivity index (χ4n) is 7.34. The molecule has 2 aromatic heterocycles. The second-order valence-electron chi connectivity index (χ2n) is 14.6. The van der Waals surface area contributed by atoms with Crippen LogP contribution in [0, 0.1) is 0 Å². The van der Waals surface area contributed by atoms with Crippen molar-refractivity contribution < 1.29 is 4.43 Å². The minimum atomic E-state index is -1.56. The average Bonchev–Trinajstić information content (AvgIpc) is 3.87. The highest BCUT2D eigenvalue weighted by molar-refractivity contribution is 9.10. The van der Waals surface area contributed by atoms with Crippen LogP contribution in [0.5, 0.6) is 0 Å². The van der Waals surface area contributed by atoms with Crippen molar-refractivity contribution in [2.24, 2.45) is 0 Å². The van der Waals surface area contributed by atoms with Crippen molar-refractivity contribution in [3.8, 4) is 17.2 Å². The van der Waals surface area contributed by atoms with E-state index in [1.165, 1.54) is 15.9 Å². The summed E-state index contributed by atoms with van der Waals surface area (Å²) in [5.41, 5.74) is 6.30. The summed E-state index contributed by atoms with van der Waals surface area (Å²) in [6.07, 6.45) is 2.10. The minimum Gasteiger partial charge on any atom is -0.403 e. The maximum atomic E-state index is 7.05. The zero-order chi connectivity index (χ0) is 37.8. The van der Waals surface area contributed by atoms with Gasteiger partial charge in [0.1, 0.15) is 5.54 Å². The Morgan fingerprint density at radius 1 is 0.600 bits per heavy atom. The Morgan fingerprint density at radius 2 is 1.09 bits per heavy atom. The molecule has 0 aliphatic heterocycles. The van der Waals surface area contributed by atoms with Crippen LogP contribution in [0.3, 0.4) is 0 Å². The summed E-state index contributed by atoms with van der Waals surface area (Å²) in [7, 11) is -1.56. The molecule has 0 aliphatic rings. The van der Waals surface area contributed by atoms with E-state index in [0.29, 0.717) is 12.4 Å².